The van der Waals surface area contributed by atoms with Gasteiger partial charge in [-0.1, -0.05) is 13.3 Å². The Kier molecular flexibility index (Phi) is 3.54. The standard InChI is InChI=1S/C13H20O4/c1-4-5-6-10-11(14)13(15-7-8-16-13)12(10)17-9(2)3/h9H,4-8H2,1-3H3. The van der Waals surface area contributed by atoms with Crippen LogP contribution in [0.5, 0.6) is 0 Å². The molecule has 1 aliphatic carbocycles. The predicted octanol–water partition coefficient (Wildman–Crippen LogP) is 2.18. The van der Waals surface area contributed by atoms with Crippen molar-refractivity contribution < 1.29 is 19.0 Å². The lowest BCUT2D eigenvalue weighted by Crippen LogP contribution is -2.53. The fourth-order valence-corrected chi connectivity index (χ4v) is 2.18. The van der Waals surface area contributed by atoms with Crippen molar-refractivity contribution in [3.8, 4) is 0 Å². The molecule has 0 aromatic rings. The molecule has 1 fully saturated rings. The highest BCUT2D eigenvalue weighted by atomic mass is 16.8. The number of rotatable bonds is 5. The van der Waals surface area contributed by atoms with Gasteiger partial charge in [-0.25, -0.2) is 0 Å². The van der Waals surface area contributed by atoms with Gasteiger partial charge >= 0.3 is 0 Å². The smallest absolute Gasteiger partial charge is 0.294 e. The number of Topliss-reactive ketones (excluding diaryl/α,β-unsaturated/α-hetero) is 1. The molecule has 0 saturated carbocycles. The van der Waals surface area contributed by atoms with Gasteiger partial charge in [-0.2, -0.15) is 0 Å². The van der Waals surface area contributed by atoms with Gasteiger partial charge in [0.2, 0.25) is 5.78 Å². The quantitative estimate of drug-likeness (QED) is 0.739. The van der Waals surface area contributed by atoms with Crippen molar-refractivity contribution in [3.05, 3.63) is 11.3 Å². The molecule has 0 bridgehead atoms. The number of hydrogen-bond acceptors (Lipinski definition) is 4. The molecule has 0 amide bonds. The summed E-state index contributed by atoms with van der Waals surface area (Å²) in [5, 5.41) is 0. The van der Waals surface area contributed by atoms with Crippen molar-refractivity contribution in [1.29, 1.82) is 0 Å². The van der Waals surface area contributed by atoms with E-state index in [0.29, 0.717) is 19.0 Å². The van der Waals surface area contributed by atoms with Crippen LogP contribution in [-0.4, -0.2) is 30.9 Å². The fraction of sp³-hybridized carbons (Fsp3) is 0.769. The molecule has 0 unspecified atom stereocenters. The van der Waals surface area contributed by atoms with E-state index in [1.165, 1.54) is 0 Å². The van der Waals surface area contributed by atoms with E-state index >= 15 is 0 Å². The number of carbonyl (C=O) groups is 1. The Hall–Kier alpha value is -0.870. The third-order valence-corrected chi connectivity index (χ3v) is 2.97. The van der Waals surface area contributed by atoms with Crippen LogP contribution in [0.15, 0.2) is 11.3 Å². The monoisotopic (exact) mass is 240 g/mol. The molecule has 96 valence electrons. The molecular weight excluding hydrogens is 220 g/mol. The van der Waals surface area contributed by atoms with Gasteiger partial charge in [0.25, 0.3) is 5.79 Å². The Balaban J connectivity index is 2.20. The summed E-state index contributed by atoms with van der Waals surface area (Å²) >= 11 is 0. The first-order chi connectivity index (χ1) is 8.12. The van der Waals surface area contributed by atoms with Crippen LogP contribution in [-0.2, 0) is 19.0 Å². The van der Waals surface area contributed by atoms with Gasteiger partial charge in [-0.15, -0.1) is 0 Å². The van der Waals surface area contributed by atoms with E-state index in [1.54, 1.807) is 0 Å². The van der Waals surface area contributed by atoms with E-state index in [-0.39, 0.29) is 11.9 Å². The minimum Gasteiger partial charge on any atom is -0.489 e. The Morgan fingerprint density at radius 3 is 2.53 bits per heavy atom. The molecule has 0 N–H and O–H groups in total. The van der Waals surface area contributed by atoms with Gasteiger partial charge in [0, 0.05) is 5.57 Å². The van der Waals surface area contributed by atoms with Crippen LogP contribution in [0.2, 0.25) is 0 Å². The number of ether oxygens (including phenoxy) is 3. The molecule has 0 radical (unpaired) electrons. The molecule has 4 nitrogen and oxygen atoms in total. The molecule has 0 aromatic heterocycles. The molecule has 2 aliphatic rings. The summed E-state index contributed by atoms with van der Waals surface area (Å²) < 4.78 is 16.6. The molecule has 1 heterocycles. The summed E-state index contributed by atoms with van der Waals surface area (Å²) in [5.41, 5.74) is 0.752. The van der Waals surface area contributed by atoms with Crippen molar-refractivity contribution in [2.24, 2.45) is 0 Å². The largest absolute Gasteiger partial charge is 0.489 e. The topological polar surface area (TPSA) is 44.8 Å². The van der Waals surface area contributed by atoms with Crippen LogP contribution in [0.1, 0.15) is 40.0 Å². The molecule has 1 saturated heterocycles. The summed E-state index contributed by atoms with van der Waals surface area (Å²) in [6, 6.07) is 0. The highest BCUT2D eigenvalue weighted by Gasteiger charge is 2.60. The Bertz CT molecular complexity index is 337. The molecule has 1 spiro atoms. The summed E-state index contributed by atoms with van der Waals surface area (Å²) in [4.78, 5) is 12.1. The zero-order valence-electron chi connectivity index (χ0n) is 10.7. The van der Waals surface area contributed by atoms with Crippen molar-refractivity contribution >= 4 is 5.78 Å². The van der Waals surface area contributed by atoms with E-state index in [1.807, 2.05) is 13.8 Å². The summed E-state index contributed by atoms with van der Waals surface area (Å²) in [7, 11) is 0. The molecule has 17 heavy (non-hydrogen) atoms. The van der Waals surface area contributed by atoms with Crippen LogP contribution in [0.25, 0.3) is 0 Å². The normalized spacial score (nSPS) is 22.5. The molecule has 1 aliphatic heterocycles. The highest BCUT2D eigenvalue weighted by molar-refractivity contribution is 6.10. The van der Waals surface area contributed by atoms with Gasteiger partial charge in [-0.05, 0) is 26.7 Å². The van der Waals surface area contributed by atoms with E-state index < -0.39 is 5.79 Å². The first-order valence-electron chi connectivity index (χ1n) is 6.34. The third kappa shape index (κ3) is 2.00. The number of hydrogen-bond donors (Lipinski definition) is 0. The van der Waals surface area contributed by atoms with Crippen molar-refractivity contribution in [2.75, 3.05) is 13.2 Å². The Labute approximate surface area is 102 Å². The Morgan fingerprint density at radius 2 is 2.00 bits per heavy atom. The maximum absolute atomic E-state index is 12.1. The lowest BCUT2D eigenvalue weighted by Gasteiger charge is -2.39. The number of ketones is 1. The van der Waals surface area contributed by atoms with Crippen LogP contribution >= 0.6 is 0 Å². The van der Waals surface area contributed by atoms with E-state index in [2.05, 4.69) is 6.92 Å². The summed E-state index contributed by atoms with van der Waals surface area (Å²) in [5.74, 6) is -0.615. The molecule has 0 aromatic carbocycles. The van der Waals surface area contributed by atoms with Crippen molar-refractivity contribution in [1.82, 2.24) is 0 Å². The predicted molar refractivity (Wildman–Crippen MR) is 62.4 cm³/mol. The lowest BCUT2D eigenvalue weighted by atomic mass is 9.83. The van der Waals surface area contributed by atoms with Crippen LogP contribution in [0, 0.1) is 0 Å². The lowest BCUT2D eigenvalue weighted by molar-refractivity contribution is -0.190. The van der Waals surface area contributed by atoms with Gasteiger partial charge in [0.15, 0.2) is 5.76 Å². The third-order valence-electron chi connectivity index (χ3n) is 2.97. The van der Waals surface area contributed by atoms with Crippen LogP contribution in [0.4, 0.5) is 0 Å². The SMILES string of the molecule is CCCCC1=C(OC(C)C)C2(OCCO2)C1=O. The molecule has 0 atom stereocenters. The van der Waals surface area contributed by atoms with Crippen molar-refractivity contribution in [3.63, 3.8) is 0 Å². The van der Waals surface area contributed by atoms with Crippen LogP contribution in [0.3, 0.4) is 0 Å². The second-order valence-corrected chi connectivity index (χ2v) is 4.72. The zero-order valence-corrected chi connectivity index (χ0v) is 10.7. The average molecular weight is 240 g/mol. The first-order valence-corrected chi connectivity index (χ1v) is 6.34. The number of carbonyl (C=O) groups excluding carboxylic acids is 1. The number of unbranched alkanes of at least 4 members (excludes halogenated alkanes) is 1. The second kappa shape index (κ2) is 4.78. The zero-order chi connectivity index (χ0) is 12.5. The minimum atomic E-state index is -1.19. The second-order valence-electron chi connectivity index (χ2n) is 4.72. The minimum absolute atomic E-state index is 0.0272. The van der Waals surface area contributed by atoms with Gasteiger partial charge in [-0.3, -0.25) is 4.79 Å². The van der Waals surface area contributed by atoms with Crippen LogP contribution < -0.4 is 0 Å². The summed E-state index contributed by atoms with van der Waals surface area (Å²) in [6.07, 6.45) is 2.83. The maximum atomic E-state index is 12.1. The molecular formula is C13H20O4. The van der Waals surface area contributed by atoms with Crippen molar-refractivity contribution in [2.45, 2.75) is 51.9 Å². The van der Waals surface area contributed by atoms with E-state index in [9.17, 15) is 4.79 Å². The maximum Gasteiger partial charge on any atom is 0.294 e. The summed E-state index contributed by atoms with van der Waals surface area (Å²) in [6.45, 7) is 6.90. The van der Waals surface area contributed by atoms with Gasteiger partial charge in [0.05, 0.1) is 19.3 Å². The highest BCUT2D eigenvalue weighted by Crippen LogP contribution is 2.44. The first kappa shape index (κ1) is 12.6. The Morgan fingerprint density at radius 1 is 1.35 bits per heavy atom. The average Bonchev–Trinajstić information content (AvgIpc) is 2.79. The molecule has 4 heteroatoms. The van der Waals surface area contributed by atoms with E-state index in [4.69, 9.17) is 14.2 Å². The van der Waals surface area contributed by atoms with Gasteiger partial charge in [0.1, 0.15) is 0 Å². The van der Waals surface area contributed by atoms with E-state index in [0.717, 1.165) is 24.8 Å². The van der Waals surface area contributed by atoms with Gasteiger partial charge < -0.3 is 14.2 Å². The molecule has 2 rings (SSSR count). The fourth-order valence-electron chi connectivity index (χ4n) is 2.18.